The van der Waals surface area contributed by atoms with Gasteiger partial charge in [0.05, 0.1) is 12.2 Å². The van der Waals surface area contributed by atoms with E-state index in [0.29, 0.717) is 0 Å². The van der Waals surface area contributed by atoms with Crippen LogP contribution in [0.5, 0.6) is 0 Å². The van der Waals surface area contributed by atoms with Crippen molar-refractivity contribution < 1.29 is 18.0 Å². The van der Waals surface area contributed by atoms with Crippen molar-refractivity contribution in [3.63, 3.8) is 0 Å². The molecule has 0 spiro atoms. The van der Waals surface area contributed by atoms with E-state index in [4.69, 9.17) is 0 Å². The number of anilines is 2. The average Bonchev–Trinajstić information content (AvgIpc) is 2.59. The van der Waals surface area contributed by atoms with Crippen molar-refractivity contribution in [2.75, 3.05) is 17.2 Å². The predicted molar refractivity (Wildman–Crippen MR) is 88.6 cm³/mol. The van der Waals surface area contributed by atoms with Crippen molar-refractivity contribution in [3.05, 3.63) is 58.9 Å². The second-order valence-corrected chi connectivity index (χ2v) is 5.28. The lowest BCUT2D eigenvalue weighted by atomic mass is 10.0. The minimum atomic E-state index is -1.56. The number of hydrogen-bond acceptors (Lipinski definition) is 2. The number of rotatable bonds is 6. The Morgan fingerprint density at radius 1 is 0.958 bits per heavy atom. The van der Waals surface area contributed by atoms with Gasteiger partial charge in [-0.1, -0.05) is 32.0 Å². The fraction of sp³-hybridized carbons (Fsp3) is 0.278. The number of nitrogens with one attached hydrogen (secondary N) is 2. The SMILES string of the molecule is CCc1cccc(CC)c1NC(=O)CNc1ccc(F)c(F)c1F. The summed E-state index contributed by atoms with van der Waals surface area (Å²) < 4.78 is 39.6. The summed E-state index contributed by atoms with van der Waals surface area (Å²) in [4.78, 5) is 12.1. The van der Waals surface area contributed by atoms with Gasteiger partial charge in [-0.15, -0.1) is 0 Å². The monoisotopic (exact) mass is 336 g/mol. The quantitative estimate of drug-likeness (QED) is 0.773. The van der Waals surface area contributed by atoms with Crippen molar-refractivity contribution in [2.24, 2.45) is 0 Å². The maximum absolute atomic E-state index is 13.6. The van der Waals surface area contributed by atoms with Gasteiger partial charge in [0, 0.05) is 5.69 Å². The third-order valence-electron chi connectivity index (χ3n) is 3.74. The van der Waals surface area contributed by atoms with E-state index in [1.165, 1.54) is 0 Å². The number of benzene rings is 2. The van der Waals surface area contributed by atoms with E-state index >= 15 is 0 Å². The minimum Gasteiger partial charge on any atom is -0.374 e. The lowest BCUT2D eigenvalue weighted by molar-refractivity contribution is -0.114. The summed E-state index contributed by atoms with van der Waals surface area (Å²) in [6.07, 6.45) is 1.52. The van der Waals surface area contributed by atoms with Gasteiger partial charge in [0.1, 0.15) is 0 Å². The summed E-state index contributed by atoms with van der Waals surface area (Å²) in [5.74, 6) is -4.57. The Balaban J connectivity index is 2.09. The van der Waals surface area contributed by atoms with Crippen LogP contribution in [0.25, 0.3) is 0 Å². The van der Waals surface area contributed by atoms with Gasteiger partial charge in [-0.2, -0.15) is 0 Å². The fourth-order valence-electron chi connectivity index (χ4n) is 2.42. The summed E-state index contributed by atoms with van der Waals surface area (Å²) in [7, 11) is 0. The second-order valence-electron chi connectivity index (χ2n) is 5.28. The number of carbonyl (C=O) groups is 1. The maximum Gasteiger partial charge on any atom is 0.243 e. The van der Waals surface area contributed by atoms with Crippen LogP contribution in [0.2, 0.25) is 0 Å². The smallest absolute Gasteiger partial charge is 0.243 e. The van der Waals surface area contributed by atoms with Crippen LogP contribution in [0, 0.1) is 17.5 Å². The molecule has 2 rings (SSSR count). The number of halogens is 3. The highest BCUT2D eigenvalue weighted by atomic mass is 19.2. The van der Waals surface area contributed by atoms with Crippen LogP contribution in [0.3, 0.4) is 0 Å². The molecule has 0 saturated carbocycles. The molecular weight excluding hydrogens is 317 g/mol. The molecule has 0 unspecified atom stereocenters. The highest BCUT2D eigenvalue weighted by Gasteiger charge is 2.15. The van der Waals surface area contributed by atoms with Crippen molar-refractivity contribution in [1.29, 1.82) is 0 Å². The largest absolute Gasteiger partial charge is 0.374 e. The topological polar surface area (TPSA) is 41.1 Å². The molecule has 0 fully saturated rings. The van der Waals surface area contributed by atoms with Gasteiger partial charge in [-0.3, -0.25) is 4.79 Å². The maximum atomic E-state index is 13.6. The zero-order chi connectivity index (χ0) is 17.7. The number of hydrogen-bond donors (Lipinski definition) is 2. The zero-order valence-corrected chi connectivity index (χ0v) is 13.6. The predicted octanol–water partition coefficient (Wildman–Crippen LogP) is 4.28. The molecule has 0 radical (unpaired) electrons. The third kappa shape index (κ3) is 3.88. The molecule has 0 aliphatic rings. The van der Waals surface area contributed by atoms with E-state index in [1.54, 1.807) is 0 Å². The van der Waals surface area contributed by atoms with E-state index < -0.39 is 23.4 Å². The van der Waals surface area contributed by atoms with E-state index in [-0.39, 0.29) is 12.2 Å². The van der Waals surface area contributed by atoms with Gasteiger partial charge >= 0.3 is 0 Å². The Morgan fingerprint density at radius 3 is 2.17 bits per heavy atom. The zero-order valence-electron chi connectivity index (χ0n) is 13.6. The van der Waals surface area contributed by atoms with Crippen LogP contribution >= 0.6 is 0 Å². The Bertz CT molecular complexity index is 725. The Kier molecular flexibility index (Phi) is 5.84. The first-order valence-electron chi connectivity index (χ1n) is 7.75. The molecule has 0 saturated heterocycles. The first-order valence-corrected chi connectivity index (χ1v) is 7.75. The Hall–Kier alpha value is -2.50. The first-order chi connectivity index (χ1) is 11.5. The Morgan fingerprint density at radius 2 is 1.58 bits per heavy atom. The third-order valence-corrected chi connectivity index (χ3v) is 3.74. The molecule has 0 aliphatic heterocycles. The van der Waals surface area contributed by atoms with Crippen LogP contribution in [0.1, 0.15) is 25.0 Å². The van der Waals surface area contributed by atoms with E-state index in [2.05, 4.69) is 10.6 Å². The van der Waals surface area contributed by atoms with Crippen LogP contribution in [0.15, 0.2) is 30.3 Å². The number of amides is 1. The molecule has 128 valence electrons. The van der Waals surface area contributed by atoms with Crippen LogP contribution in [-0.2, 0) is 17.6 Å². The molecule has 2 aromatic carbocycles. The van der Waals surface area contributed by atoms with Crippen molar-refractivity contribution in [2.45, 2.75) is 26.7 Å². The van der Waals surface area contributed by atoms with Crippen LogP contribution in [0.4, 0.5) is 24.5 Å². The second kappa shape index (κ2) is 7.86. The molecule has 1 amide bonds. The highest BCUT2D eigenvalue weighted by Crippen LogP contribution is 2.23. The molecular formula is C18H19F3N2O. The molecule has 24 heavy (non-hydrogen) atoms. The van der Waals surface area contributed by atoms with E-state index in [9.17, 15) is 18.0 Å². The molecule has 2 N–H and O–H groups in total. The normalized spacial score (nSPS) is 10.5. The van der Waals surface area contributed by atoms with Gasteiger partial charge in [0.15, 0.2) is 17.5 Å². The molecule has 6 heteroatoms. The molecule has 0 aliphatic carbocycles. The number of aryl methyl sites for hydroxylation is 2. The Labute approximate surface area is 138 Å². The number of carbonyl (C=O) groups excluding carboxylic acids is 1. The summed E-state index contributed by atoms with van der Waals surface area (Å²) >= 11 is 0. The van der Waals surface area contributed by atoms with E-state index in [0.717, 1.165) is 41.8 Å². The summed E-state index contributed by atoms with van der Waals surface area (Å²) in [6, 6.07) is 7.65. The molecule has 0 atom stereocenters. The van der Waals surface area contributed by atoms with E-state index in [1.807, 2.05) is 32.0 Å². The average molecular weight is 336 g/mol. The summed E-state index contributed by atoms with van der Waals surface area (Å²) in [5, 5.41) is 5.29. The van der Waals surface area contributed by atoms with Gasteiger partial charge in [-0.05, 0) is 36.1 Å². The number of para-hydroxylation sites is 1. The first kappa shape index (κ1) is 17.8. The van der Waals surface area contributed by atoms with Gasteiger partial charge in [-0.25, -0.2) is 13.2 Å². The van der Waals surface area contributed by atoms with Crippen molar-refractivity contribution in [1.82, 2.24) is 0 Å². The van der Waals surface area contributed by atoms with Crippen molar-refractivity contribution >= 4 is 17.3 Å². The standard InChI is InChI=1S/C18H19F3N2O/c1-3-11-6-5-7-12(4-2)18(11)23-15(24)10-22-14-9-8-13(19)16(20)17(14)21/h5-9,22H,3-4,10H2,1-2H3,(H,23,24). The van der Waals surface area contributed by atoms with Crippen molar-refractivity contribution in [3.8, 4) is 0 Å². The molecule has 3 nitrogen and oxygen atoms in total. The summed E-state index contributed by atoms with van der Waals surface area (Å²) in [5.41, 5.74) is 2.49. The molecule has 2 aromatic rings. The van der Waals surface area contributed by atoms with Gasteiger partial charge in [0.25, 0.3) is 0 Å². The minimum absolute atomic E-state index is 0.261. The van der Waals surface area contributed by atoms with Crippen LogP contribution in [-0.4, -0.2) is 12.5 Å². The molecule has 0 heterocycles. The van der Waals surface area contributed by atoms with Gasteiger partial charge in [0.2, 0.25) is 5.91 Å². The highest BCUT2D eigenvalue weighted by molar-refractivity contribution is 5.95. The molecule has 0 aromatic heterocycles. The fourth-order valence-corrected chi connectivity index (χ4v) is 2.42. The van der Waals surface area contributed by atoms with Gasteiger partial charge < -0.3 is 10.6 Å². The lowest BCUT2D eigenvalue weighted by Crippen LogP contribution is -2.23. The summed E-state index contributed by atoms with van der Waals surface area (Å²) in [6.45, 7) is 3.71. The lowest BCUT2D eigenvalue weighted by Gasteiger charge is -2.15. The van der Waals surface area contributed by atoms with Crippen LogP contribution < -0.4 is 10.6 Å². The molecule has 0 bridgehead atoms.